The largest absolute Gasteiger partial charge is 0.435 e. The van der Waals surface area contributed by atoms with Crippen LogP contribution in [0.5, 0.6) is 0 Å². The number of alkyl halides is 5. The Morgan fingerprint density at radius 1 is 1.00 bits per heavy atom. The van der Waals surface area contributed by atoms with Gasteiger partial charge in [0.15, 0.2) is 11.4 Å². The maximum absolute atomic E-state index is 13.9. The topological polar surface area (TPSA) is 54.9 Å². The van der Waals surface area contributed by atoms with Crippen LogP contribution in [0.4, 0.5) is 32.0 Å². The molecule has 0 radical (unpaired) electrons. The normalized spacial score (nSPS) is 11.6. The van der Waals surface area contributed by atoms with Crippen LogP contribution in [0.25, 0.3) is 11.1 Å². The van der Waals surface area contributed by atoms with Crippen molar-refractivity contribution in [2.75, 3.05) is 5.32 Å². The minimum Gasteiger partial charge on any atom is -0.320 e. The predicted molar refractivity (Wildman–Crippen MR) is 91.8 cm³/mol. The molecule has 0 atom stereocenters. The van der Waals surface area contributed by atoms with Crippen molar-refractivity contribution in [3.8, 4) is 11.1 Å². The van der Waals surface area contributed by atoms with E-state index in [1.807, 2.05) is 0 Å². The second-order valence-corrected chi connectivity index (χ2v) is 5.79. The standard InChI is InChI=1S/C19H11F6N3O/c20-13-9-10(5-6-12(13)17(21)22)11-3-1-2-4-14(11)28-18(29)15-16(19(23,24)25)27-8-7-26-15/h1-9,17H,(H,28,29). The summed E-state index contributed by atoms with van der Waals surface area (Å²) in [6.45, 7) is 0. The molecule has 1 aromatic heterocycles. The summed E-state index contributed by atoms with van der Waals surface area (Å²) in [5.41, 5.74) is -2.77. The van der Waals surface area contributed by atoms with Crippen LogP contribution < -0.4 is 5.32 Å². The Morgan fingerprint density at radius 2 is 1.69 bits per heavy atom. The summed E-state index contributed by atoms with van der Waals surface area (Å²) in [5.74, 6) is -2.32. The van der Waals surface area contributed by atoms with Crippen LogP contribution in [0.15, 0.2) is 54.9 Å². The monoisotopic (exact) mass is 411 g/mol. The highest BCUT2D eigenvalue weighted by Gasteiger charge is 2.38. The lowest BCUT2D eigenvalue weighted by Crippen LogP contribution is -2.22. The lowest BCUT2D eigenvalue weighted by atomic mass is 10.0. The van der Waals surface area contributed by atoms with E-state index in [-0.39, 0.29) is 16.8 Å². The summed E-state index contributed by atoms with van der Waals surface area (Å²) in [5, 5.41) is 2.28. The van der Waals surface area contributed by atoms with Gasteiger partial charge in [-0.2, -0.15) is 13.2 Å². The molecule has 0 fully saturated rings. The van der Waals surface area contributed by atoms with E-state index in [4.69, 9.17) is 0 Å². The molecule has 0 spiro atoms. The molecule has 10 heteroatoms. The molecule has 0 aliphatic heterocycles. The second-order valence-electron chi connectivity index (χ2n) is 5.79. The number of benzene rings is 2. The Labute approximate surface area is 160 Å². The molecule has 1 heterocycles. The van der Waals surface area contributed by atoms with E-state index < -0.39 is 41.3 Å². The summed E-state index contributed by atoms with van der Waals surface area (Å²) in [7, 11) is 0. The number of hydrogen-bond acceptors (Lipinski definition) is 3. The van der Waals surface area contributed by atoms with Crippen LogP contribution >= 0.6 is 0 Å². The molecular formula is C19H11F6N3O. The number of carbonyl (C=O) groups is 1. The fourth-order valence-electron chi connectivity index (χ4n) is 2.61. The van der Waals surface area contributed by atoms with Crippen LogP contribution in [0, 0.1) is 5.82 Å². The number of rotatable bonds is 4. The fraction of sp³-hybridized carbons (Fsp3) is 0.105. The minimum absolute atomic E-state index is 0.0421. The molecule has 3 aromatic rings. The average Bonchev–Trinajstić information content (AvgIpc) is 2.67. The first-order valence-electron chi connectivity index (χ1n) is 8.05. The zero-order valence-electron chi connectivity index (χ0n) is 14.3. The van der Waals surface area contributed by atoms with Gasteiger partial charge < -0.3 is 5.32 Å². The van der Waals surface area contributed by atoms with Gasteiger partial charge in [0.05, 0.1) is 5.56 Å². The van der Waals surface area contributed by atoms with Crippen LogP contribution in [0.1, 0.15) is 28.2 Å². The van der Waals surface area contributed by atoms with Gasteiger partial charge in [-0.25, -0.2) is 23.1 Å². The zero-order chi connectivity index (χ0) is 21.2. The number of aromatic nitrogens is 2. The van der Waals surface area contributed by atoms with Gasteiger partial charge in [-0.05, 0) is 23.8 Å². The number of carbonyl (C=O) groups excluding carboxylic acids is 1. The summed E-state index contributed by atoms with van der Waals surface area (Å²) in [6, 6.07) is 8.83. The van der Waals surface area contributed by atoms with E-state index in [2.05, 4.69) is 15.3 Å². The summed E-state index contributed by atoms with van der Waals surface area (Å²) >= 11 is 0. The van der Waals surface area contributed by atoms with Crippen molar-refractivity contribution in [1.82, 2.24) is 9.97 Å². The van der Waals surface area contributed by atoms with E-state index in [0.29, 0.717) is 0 Å². The van der Waals surface area contributed by atoms with Crippen molar-refractivity contribution in [2.24, 2.45) is 0 Å². The molecule has 0 saturated carbocycles. The highest BCUT2D eigenvalue weighted by molar-refractivity contribution is 6.05. The van der Waals surface area contributed by atoms with Crippen LogP contribution in [-0.4, -0.2) is 15.9 Å². The Kier molecular flexibility index (Phi) is 5.53. The molecule has 29 heavy (non-hydrogen) atoms. The van der Waals surface area contributed by atoms with Crippen molar-refractivity contribution in [3.63, 3.8) is 0 Å². The van der Waals surface area contributed by atoms with Gasteiger partial charge >= 0.3 is 6.18 Å². The van der Waals surface area contributed by atoms with E-state index in [9.17, 15) is 31.1 Å². The highest BCUT2D eigenvalue weighted by atomic mass is 19.4. The van der Waals surface area contributed by atoms with Gasteiger partial charge in [0.1, 0.15) is 5.82 Å². The second kappa shape index (κ2) is 7.90. The van der Waals surface area contributed by atoms with Gasteiger partial charge in [0.2, 0.25) is 0 Å². The van der Waals surface area contributed by atoms with Gasteiger partial charge in [0, 0.05) is 23.6 Å². The van der Waals surface area contributed by atoms with E-state index >= 15 is 0 Å². The Hall–Kier alpha value is -3.43. The first-order valence-corrected chi connectivity index (χ1v) is 8.05. The third-order valence-electron chi connectivity index (χ3n) is 3.90. The van der Waals surface area contributed by atoms with Gasteiger partial charge in [-0.3, -0.25) is 4.79 Å². The van der Waals surface area contributed by atoms with Crippen LogP contribution in [0.2, 0.25) is 0 Å². The number of anilines is 1. The molecule has 0 bridgehead atoms. The fourth-order valence-corrected chi connectivity index (χ4v) is 2.61. The first kappa shape index (κ1) is 20.3. The smallest absolute Gasteiger partial charge is 0.320 e. The lowest BCUT2D eigenvalue weighted by Gasteiger charge is -2.14. The SMILES string of the molecule is O=C(Nc1ccccc1-c1ccc(C(F)F)c(F)c1)c1nccnc1C(F)(F)F. The molecule has 2 aromatic carbocycles. The maximum atomic E-state index is 13.9. The number of halogens is 6. The van der Waals surface area contributed by atoms with Gasteiger partial charge in [0.25, 0.3) is 12.3 Å². The minimum atomic E-state index is -4.89. The molecule has 0 aliphatic rings. The summed E-state index contributed by atoms with van der Waals surface area (Å²) < 4.78 is 78.5. The Balaban J connectivity index is 1.97. The molecular weight excluding hydrogens is 400 g/mol. The summed E-state index contributed by atoms with van der Waals surface area (Å²) in [4.78, 5) is 19.0. The Bertz CT molecular complexity index is 1050. The van der Waals surface area contributed by atoms with E-state index in [1.54, 1.807) is 0 Å². The van der Waals surface area contributed by atoms with Crippen LogP contribution in [0.3, 0.4) is 0 Å². The van der Waals surface area contributed by atoms with Crippen molar-refractivity contribution >= 4 is 11.6 Å². The average molecular weight is 411 g/mol. The summed E-state index contributed by atoms with van der Waals surface area (Å²) in [6.07, 6.45) is -6.15. The molecule has 0 saturated heterocycles. The maximum Gasteiger partial charge on any atom is 0.435 e. The number of para-hydroxylation sites is 1. The third kappa shape index (κ3) is 4.36. The first-order chi connectivity index (χ1) is 13.7. The molecule has 150 valence electrons. The molecule has 4 nitrogen and oxygen atoms in total. The van der Waals surface area contributed by atoms with E-state index in [0.717, 1.165) is 24.5 Å². The lowest BCUT2D eigenvalue weighted by molar-refractivity contribution is -0.141. The number of amides is 1. The zero-order valence-corrected chi connectivity index (χ0v) is 14.3. The van der Waals surface area contributed by atoms with Crippen LogP contribution in [-0.2, 0) is 6.18 Å². The quantitative estimate of drug-likeness (QED) is 0.578. The van der Waals surface area contributed by atoms with Gasteiger partial charge in [-0.15, -0.1) is 0 Å². The van der Waals surface area contributed by atoms with Crippen molar-refractivity contribution in [3.05, 3.63) is 77.6 Å². The number of nitrogens with one attached hydrogen (secondary N) is 1. The molecule has 0 aliphatic carbocycles. The molecule has 1 N–H and O–H groups in total. The van der Waals surface area contributed by atoms with Crippen molar-refractivity contribution in [1.29, 1.82) is 0 Å². The predicted octanol–water partition coefficient (Wildman–Crippen LogP) is 5.49. The molecule has 0 unspecified atom stereocenters. The van der Waals surface area contributed by atoms with Crippen molar-refractivity contribution in [2.45, 2.75) is 12.6 Å². The van der Waals surface area contributed by atoms with Gasteiger partial charge in [-0.1, -0.05) is 24.3 Å². The number of hydrogen-bond donors (Lipinski definition) is 1. The molecule has 1 amide bonds. The number of nitrogens with zero attached hydrogens (tertiary/aromatic N) is 2. The van der Waals surface area contributed by atoms with E-state index in [1.165, 1.54) is 30.3 Å². The highest BCUT2D eigenvalue weighted by Crippen LogP contribution is 2.33. The Morgan fingerprint density at radius 3 is 2.34 bits per heavy atom. The van der Waals surface area contributed by atoms with Crippen molar-refractivity contribution < 1.29 is 31.1 Å². The third-order valence-corrected chi connectivity index (χ3v) is 3.90. The molecule has 3 rings (SSSR count).